The predicted molar refractivity (Wildman–Crippen MR) is 111 cm³/mol. The molecular formula is C16H23F4IN4O3S. The van der Waals surface area contributed by atoms with E-state index in [2.05, 4.69) is 15.6 Å². The second kappa shape index (κ2) is 11.2. The Kier molecular flexibility index (Phi) is 9.88. The van der Waals surface area contributed by atoms with Crippen LogP contribution in [-0.2, 0) is 10.0 Å². The maximum Gasteiger partial charge on any atom is 0.511 e. The third kappa shape index (κ3) is 7.44. The number of sulfonamides is 1. The van der Waals surface area contributed by atoms with E-state index in [1.807, 2.05) is 0 Å². The van der Waals surface area contributed by atoms with Gasteiger partial charge in [0.1, 0.15) is 18.2 Å². The van der Waals surface area contributed by atoms with Crippen molar-refractivity contribution in [3.05, 3.63) is 30.1 Å². The Balaban J connectivity index is 0.00000420. The van der Waals surface area contributed by atoms with E-state index in [-0.39, 0.29) is 62.6 Å². The molecule has 1 fully saturated rings. The molecule has 1 heterocycles. The molecule has 0 spiro atoms. The van der Waals surface area contributed by atoms with Crippen LogP contribution in [0.1, 0.15) is 12.8 Å². The van der Waals surface area contributed by atoms with Crippen LogP contribution in [0.4, 0.5) is 17.6 Å². The van der Waals surface area contributed by atoms with E-state index in [4.69, 9.17) is 4.74 Å². The number of hydrogen-bond acceptors (Lipinski definition) is 4. The number of rotatable bonds is 6. The lowest BCUT2D eigenvalue weighted by Crippen LogP contribution is -2.52. The molecule has 0 radical (unpaired) electrons. The molecule has 166 valence electrons. The molecule has 0 amide bonds. The summed E-state index contributed by atoms with van der Waals surface area (Å²) in [5, 5.41) is 6.02. The van der Waals surface area contributed by atoms with E-state index in [0.717, 1.165) is 0 Å². The van der Waals surface area contributed by atoms with Gasteiger partial charge in [-0.1, -0.05) is 6.07 Å². The first-order valence-electron chi connectivity index (χ1n) is 8.55. The summed E-state index contributed by atoms with van der Waals surface area (Å²) in [4.78, 5) is 4.01. The van der Waals surface area contributed by atoms with Crippen LogP contribution in [0.25, 0.3) is 0 Å². The number of aliphatic imine (C=N–C) groups is 1. The van der Waals surface area contributed by atoms with Crippen LogP contribution in [-0.4, -0.2) is 63.5 Å². The van der Waals surface area contributed by atoms with Crippen molar-refractivity contribution in [3.63, 3.8) is 0 Å². The maximum absolute atomic E-state index is 13.1. The number of piperidine rings is 1. The number of nitrogens with one attached hydrogen (secondary N) is 2. The summed E-state index contributed by atoms with van der Waals surface area (Å²) < 4.78 is 79.5. The minimum absolute atomic E-state index is 0. The molecule has 1 aliphatic heterocycles. The Morgan fingerprint density at radius 1 is 1.31 bits per heavy atom. The first-order chi connectivity index (χ1) is 13.1. The zero-order valence-electron chi connectivity index (χ0n) is 15.6. The van der Waals surface area contributed by atoms with Gasteiger partial charge in [0.15, 0.2) is 5.96 Å². The lowest BCUT2D eigenvalue weighted by atomic mass is 10.1. The van der Waals surface area contributed by atoms with E-state index >= 15 is 0 Å². The summed E-state index contributed by atoms with van der Waals surface area (Å²) >= 11 is 0. The lowest BCUT2D eigenvalue weighted by Gasteiger charge is -2.32. The van der Waals surface area contributed by atoms with Crippen molar-refractivity contribution >= 4 is 40.0 Å². The molecular weight excluding hydrogens is 531 g/mol. The molecule has 0 aliphatic carbocycles. The predicted octanol–water partition coefficient (Wildman–Crippen LogP) is 2.30. The minimum Gasteiger partial charge on any atom is -0.492 e. The van der Waals surface area contributed by atoms with Crippen LogP contribution in [0.3, 0.4) is 0 Å². The summed E-state index contributed by atoms with van der Waals surface area (Å²) in [7, 11) is -3.75. The van der Waals surface area contributed by atoms with Crippen LogP contribution in [0, 0.1) is 5.82 Å². The maximum atomic E-state index is 13.1. The molecule has 1 saturated heterocycles. The summed E-state index contributed by atoms with van der Waals surface area (Å²) in [6, 6.07) is 5.51. The highest BCUT2D eigenvalue weighted by atomic mass is 127. The largest absolute Gasteiger partial charge is 0.511 e. The summed E-state index contributed by atoms with van der Waals surface area (Å²) in [5.74, 6) is 0.407. The molecule has 0 bridgehead atoms. The number of halogens is 5. The zero-order valence-corrected chi connectivity index (χ0v) is 18.7. The highest BCUT2D eigenvalue weighted by molar-refractivity contribution is 14.0. The van der Waals surface area contributed by atoms with Crippen molar-refractivity contribution in [1.82, 2.24) is 14.9 Å². The standard InChI is InChI=1S/C16H22F4N4O3S.HI/c1-21-15(22-7-10-27-14-4-2-3-12(17)11-14)23-13-5-8-24(9-6-13)28(25,26)16(18,19)20;/h2-4,11,13H,5-10H2,1H3,(H2,21,22,23);1H. The quantitative estimate of drug-likeness (QED) is 0.186. The molecule has 1 aromatic rings. The van der Waals surface area contributed by atoms with Gasteiger partial charge in [0, 0.05) is 32.2 Å². The fourth-order valence-corrected chi connectivity index (χ4v) is 3.65. The molecule has 2 N–H and O–H groups in total. The molecule has 29 heavy (non-hydrogen) atoms. The Morgan fingerprint density at radius 3 is 2.52 bits per heavy atom. The fourth-order valence-electron chi connectivity index (χ4n) is 2.67. The second-order valence-electron chi connectivity index (χ2n) is 6.07. The van der Waals surface area contributed by atoms with E-state index in [0.29, 0.717) is 22.6 Å². The normalized spacial score (nSPS) is 16.8. The SMILES string of the molecule is CN=C(NCCOc1cccc(F)c1)NC1CCN(S(=O)(=O)C(F)(F)F)CC1.I. The molecule has 0 unspecified atom stereocenters. The summed E-state index contributed by atoms with van der Waals surface area (Å²) in [5.41, 5.74) is -5.29. The number of hydrogen-bond donors (Lipinski definition) is 2. The van der Waals surface area contributed by atoms with Gasteiger partial charge in [0.2, 0.25) is 0 Å². The topological polar surface area (TPSA) is 83.0 Å². The van der Waals surface area contributed by atoms with Gasteiger partial charge in [-0.05, 0) is 25.0 Å². The van der Waals surface area contributed by atoms with Crippen molar-refractivity contribution in [1.29, 1.82) is 0 Å². The first-order valence-corrected chi connectivity index (χ1v) is 9.99. The zero-order chi connectivity index (χ0) is 20.8. The number of guanidine groups is 1. The molecule has 1 aromatic carbocycles. The van der Waals surface area contributed by atoms with Gasteiger partial charge in [0.05, 0.1) is 6.54 Å². The highest BCUT2D eigenvalue weighted by Crippen LogP contribution is 2.28. The molecule has 0 aromatic heterocycles. The summed E-state index contributed by atoms with van der Waals surface area (Å²) in [6.07, 6.45) is 0.436. The lowest BCUT2D eigenvalue weighted by molar-refractivity contribution is -0.0494. The van der Waals surface area contributed by atoms with E-state index < -0.39 is 21.3 Å². The van der Waals surface area contributed by atoms with E-state index in [1.165, 1.54) is 25.2 Å². The average molecular weight is 554 g/mol. The Morgan fingerprint density at radius 2 is 1.97 bits per heavy atom. The number of alkyl halides is 3. The van der Waals surface area contributed by atoms with Gasteiger partial charge in [-0.25, -0.2) is 12.8 Å². The second-order valence-corrected chi connectivity index (χ2v) is 8.00. The van der Waals surface area contributed by atoms with Crippen LogP contribution < -0.4 is 15.4 Å². The van der Waals surface area contributed by atoms with Crippen LogP contribution in [0.5, 0.6) is 5.75 Å². The Labute approximate surface area is 184 Å². The summed E-state index contributed by atoms with van der Waals surface area (Å²) in [6.45, 7) is 0.155. The Hall–Kier alpha value is -1.35. The third-order valence-electron chi connectivity index (χ3n) is 4.11. The van der Waals surface area contributed by atoms with Crippen molar-refractivity contribution in [3.8, 4) is 5.75 Å². The van der Waals surface area contributed by atoms with Gasteiger partial charge in [-0.15, -0.1) is 24.0 Å². The van der Waals surface area contributed by atoms with Gasteiger partial charge < -0.3 is 15.4 Å². The monoisotopic (exact) mass is 554 g/mol. The van der Waals surface area contributed by atoms with Crippen LogP contribution >= 0.6 is 24.0 Å². The smallest absolute Gasteiger partial charge is 0.492 e. The van der Waals surface area contributed by atoms with Gasteiger partial charge >= 0.3 is 15.5 Å². The number of ether oxygens (including phenoxy) is 1. The molecule has 7 nitrogen and oxygen atoms in total. The van der Waals surface area contributed by atoms with Crippen LogP contribution in [0.15, 0.2) is 29.3 Å². The van der Waals surface area contributed by atoms with Gasteiger partial charge in [0.25, 0.3) is 0 Å². The number of nitrogens with zero attached hydrogens (tertiary/aromatic N) is 2. The Bertz CT molecular complexity index is 785. The first kappa shape index (κ1) is 25.7. The van der Waals surface area contributed by atoms with Crippen LogP contribution in [0.2, 0.25) is 0 Å². The van der Waals surface area contributed by atoms with Crippen molar-refractivity contribution < 1.29 is 30.7 Å². The molecule has 0 saturated carbocycles. The van der Waals surface area contributed by atoms with E-state index in [1.54, 1.807) is 6.07 Å². The minimum atomic E-state index is -5.29. The van der Waals surface area contributed by atoms with Gasteiger partial charge in [-0.2, -0.15) is 17.5 Å². The average Bonchev–Trinajstić information content (AvgIpc) is 2.63. The fraction of sp³-hybridized carbons (Fsp3) is 0.562. The molecule has 0 atom stereocenters. The van der Waals surface area contributed by atoms with Crippen molar-refractivity contribution in [2.45, 2.75) is 24.4 Å². The molecule has 13 heteroatoms. The van der Waals surface area contributed by atoms with Crippen molar-refractivity contribution in [2.24, 2.45) is 4.99 Å². The van der Waals surface area contributed by atoms with E-state index in [9.17, 15) is 26.0 Å². The van der Waals surface area contributed by atoms with Gasteiger partial charge in [-0.3, -0.25) is 4.99 Å². The molecule has 1 aliphatic rings. The number of benzene rings is 1. The third-order valence-corrected chi connectivity index (χ3v) is 5.74. The highest BCUT2D eigenvalue weighted by Gasteiger charge is 2.50. The molecule has 2 rings (SSSR count). The van der Waals surface area contributed by atoms with Crippen molar-refractivity contribution in [2.75, 3.05) is 33.3 Å².